The summed E-state index contributed by atoms with van der Waals surface area (Å²) >= 11 is 2.84. The molecule has 0 saturated carbocycles. The maximum absolute atomic E-state index is 14.5. The van der Waals surface area contributed by atoms with Gasteiger partial charge in [0.05, 0.1) is 110 Å². The number of nitrogens with one attached hydrogen (secondary N) is 3. The van der Waals surface area contributed by atoms with Crippen LogP contribution in [0.15, 0.2) is 35.1 Å². The van der Waals surface area contributed by atoms with Gasteiger partial charge in [-0.3, -0.25) is 19.7 Å². The Bertz CT molecular complexity index is 2780. The molecule has 2 aliphatic carbocycles. The molecule has 2 bridgehead atoms. The van der Waals surface area contributed by atoms with Gasteiger partial charge >= 0.3 is 6.09 Å². The van der Waals surface area contributed by atoms with E-state index < -0.39 is 120 Å². The van der Waals surface area contributed by atoms with Crippen molar-refractivity contribution in [2.45, 2.75) is 188 Å². The first-order valence-corrected chi connectivity index (χ1v) is 32.5. The fourth-order valence-corrected chi connectivity index (χ4v) is 14.4. The molecule has 18 atom stereocenters. The molecule has 28 heteroatoms. The van der Waals surface area contributed by atoms with Crippen LogP contribution in [-0.2, 0) is 52.3 Å². The average Bonchev–Trinajstić information content (AvgIpc) is 0.803. The Morgan fingerprint density at radius 3 is 2.33 bits per heavy atom. The largest absolute Gasteiger partial charge is 0.492 e. The predicted octanol–water partition coefficient (Wildman–Crippen LogP) is 3.72. The average molecular weight is 1380 g/mol. The van der Waals surface area contributed by atoms with Crippen LogP contribution in [0.1, 0.15) is 83.1 Å². The number of fused-ring (bicyclic) bond motifs is 2. The van der Waals surface area contributed by atoms with Gasteiger partial charge in [-0.15, -0.1) is 0 Å². The SMILES string of the molecule is CCN[C@H]1CO[C@@H](O[C@H]2[C@H](O[C@H]3C#C/C=C\C#C[C@]4(O)CC(=O)C(NC(=O)OC)=C3/C4=C\CSSC(C)C)O[C@H](C)[C@@H](NO[C@H]3C[C@H](O)[C@H](SC(=O)c4c(C)c(I)c(O[C@@H]5O[C@@H](C)[C@H](O)C[C@]5(O)COC)c(OC)c4OC)[C@@H](C)O3)[C@@H]2O)C[C@@H]1OC. The van der Waals surface area contributed by atoms with Gasteiger partial charge in [-0.25, -0.2) is 4.79 Å². The van der Waals surface area contributed by atoms with Crippen LogP contribution in [0.5, 0.6) is 17.2 Å². The number of methoxy groups -OCH3 is 5. The molecule has 8 N–H and O–H groups in total. The van der Waals surface area contributed by atoms with Crippen LogP contribution in [0.2, 0.25) is 0 Å². The molecule has 4 fully saturated rings. The highest BCUT2D eigenvalue weighted by atomic mass is 127. The smallest absolute Gasteiger partial charge is 0.411 e. The molecular formula is C58H80IN3O21S3. The molecule has 4 heterocycles. The summed E-state index contributed by atoms with van der Waals surface area (Å²) in [6.07, 6.45) is -11.3. The maximum atomic E-state index is 14.5. The minimum atomic E-state index is -2.06. The normalized spacial score (nSPS) is 35.4. The molecule has 0 spiro atoms. The van der Waals surface area contributed by atoms with Crippen LogP contribution in [0.3, 0.4) is 0 Å². The molecule has 6 aliphatic rings. The molecule has 1 amide bonds. The number of Topliss-reactive ketones (excluding diaryl/α,β-unsaturated/α-hetero) is 1. The number of ether oxygens (including phenoxy) is 12. The standard InChI is InChI=1S/C58H80IN3O21S3/c1-13-60-34-26-76-40(23-39(34)72-9)81-50-47(66)45(31(6)78-54(50)80-38-18-16-14-15-17-20-57(69)25-37(65)46(61-56(68)75-12)43(38)33(57)19-21-84-86-28(2)3)62-83-41-22-35(63)52(32(7)77-41)85-53(67)42-29(4)44(59)49(51(74-11)48(42)73-10)82-55-58(70,27-71-8)24-36(64)30(5)79-55/h14-15,19,28,30-32,34-36,38-41,45,47,50,52,54-55,60,62-64,66,69-70H,13,21-27H2,1-12H3,(H,61,68)/b15-14-,33-19+/t30-,31+,32+,34-,35-,36+,38-,39-,40-,41-,45+,47-,50+,52+,54-,55-,57-,58-/m0/s1. The Hall–Kier alpha value is -3.29. The molecule has 1 aromatic rings. The summed E-state index contributed by atoms with van der Waals surface area (Å²) in [6, 6.07) is -1.27. The van der Waals surface area contributed by atoms with E-state index in [-0.39, 0.29) is 89.5 Å². The van der Waals surface area contributed by atoms with Gasteiger partial charge in [-0.1, -0.05) is 83.9 Å². The van der Waals surface area contributed by atoms with E-state index >= 15 is 0 Å². The van der Waals surface area contributed by atoms with Crippen LogP contribution in [0, 0.1) is 34.2 Å². The highest BCUT2D eigenvalue weighted by Crippen LogP contribution is 2.50. The van der Waals surface area contributed by atoms with E-state index in [2.05, 4.69) is 39.8 Å². The number of allylic oxidation sites excluding steroid dienone is 3. The number of hydroxylamine groups is 1. The lowest BCUT2D eigenvalue weighted by atomic mass is 9.75. The Balaban J connectivity index is 1.12. The summed E-state index contributed by atoms with van der Waals surface area (Å²) in [4.78, 5) is 47.7. The summed E-state index contributed by atoms with van der Waals surface area (Å²) in [5.41, 5.74) is -0.430. The van der Waals surface area contributed by atoms with Gasteiger partial charge in [0.15, 0.2) is 47.4 Å². The number of alkyl carbamates (subject to hydrolysis) is 1. The second-order valence-corrected chi connectivity index (χ2v) is 26.8. The lowest BCUT2D eigenvalue weighted by molar-refractivity contribution is -0.336. The van der Waals surface area contributed by atoms with E-state index in [9.17, 15) is 39.9 Å². The third kappa shape index (κ3) is 16.4. The molecule has 0 unspecified atom stereocenters. The quantitative estimate of drug-likeness (QED) is 0.0255. The third-order valence-corrected chi connectivity index (χ3v) is 20.6. The molecule has 4 aliphatic heterocycles. The number of carbonyl (C=O) groups is 3. The second-order valence-electron chi connectivity index (χ2n) is 21.6. The minimum absolute atomic E-state index is 0.0103. The van der Waals surface area contributed by atoms with Crippen LogP contribution in [0.25, 0.3) is 0 Å². The number of benzene rings is 1. The van der Waals surface area contributed by atoms with Gasteiger partial charge in [0.1, 0.15) is 18.3 Å². The van der Waals surface area contributed by atoms with Crippen molar-refractivity contribution < 1.29 is 102 Å². The van der Waals surface area contributed by atoms with Gasteiger partial charge in [0.25, 0.3) is 0 Å². The highest BCUT2D eigenvalue weighted by molar-refractivity contribution is 14.1. The number of hydrogen-bond acceptors (Lipinski definition) is 26. The Kier molecular flexibility index (Phi) is 25.8. The number of hydrogen-bond donors (Lipinski definition) is 8. The van der Waals surface area contributed by atoms with E-state index in [1.807, 2.05) is 43.4 Å². The maximum Gasteiger partial charge on any atom is 0.411 e. The van der Waals surface area contributed by atoms with E-state index in [1.54, 1.807) is 51.7 Å². The second kappa shape index (κ2) is 31.6. The number of rotatable bonds is 23. The molecular weight excluding hydrogens is 1300 g/mol. The zero-order valence-corrected chi connectivity index (χ0v) is 54.7. The van der Waals surface area contributed by atoms with Gasteiger partial charge in [-0.2, -0.15) is 5.48 Å². The van der Waals surface area contributed by atoms with Crippen LogP contribution < -0.4 is 30.3 Å². The number of halogens is 1. The highest BCUT2D eigenvalue weighted by Gasteiger charge is 2.53. The van der Waals surface area contributed by atoms with Crippen LogP contribution in [0.4, 0.5) is 4.79 Å². The van der Waals surface area contributed by atoms with Gasteiger partial charge < -0.3 is 87.7 Å². The summed E-state index contributed by atoms with van der Waals surface area (Å²) in [5.74, 6) is 11.4. The number of likely N-dealkylation sites (N-methyl/N-ethyl adjacent to an activating group) is 1. The van der Waals surface area contributed by atoms with E-state index in [1.165, 1.54) is 44.3 Å². The first-order chi connectivity index (χ1) is 41.0. The summed E-state index contributed by atoms with van der Waals surface area (Å²) in [6.45, 7) is 13.3. The topological polar surface area (TPSA) is 308 Å². The lowest BCUT2D eigenvalue weighted by Gasteiger charge is -2.46. The molecule has 7 rings (SSSR count). The first kappa shape index (κ1) is 70.2. The van der Waals surface area contributed by atoms with Crippen LogP contribution in [-0.4, -0.2) is 217 Å². The lowest BCUT2D eigenvalue weighted by Crippen LogP contribution is -2.65. The Labute approximate surface area is 527 Å². The molecule has 478 valence electrons. The first-order valence-electron chi connectivity index (χ1n) is 28.1. The fraction of sp³-hybridized carbons (Fsp3) is 0.672. The minimum Gasteiger partial charge on any atom is -0.492 e. The van der Waals surface area contributed by atoms with Crippen LogP contribution >= 0.6 is 55.9 Å². The fourth-order valence-electron chi connectivity index (χ4n) is 10.8. The third-order valence-electron chi connectivity index (χ3n) is 15.1. The van der Waals surface area contributed by atoms with E-state index in [0.717, 1.165) is 18.9 Å². The number of carbonyl (C=O) groups excluding carboxylic acids is 3. The molecule has 4 saturated heterocycles. The number of thioether (sulfide) groups is 1. The van der Waals surface area contributed by atoms with Crippen molar-refractivity contribution in [1.82, 2.24) is 16.1 Å². The zero-order chi connectivity index (χ0) is 62.8. The summed E-state index contributed by atoms with van der Waals surface area (Å²) in [5, 5.41) is 63.6. The van der Waals surface area contributed by atoms with Crippen molar-refractivity contribution in [3.05, 3.63) is 49.8 Å². The monoisotopic (exact) mass is 1380 g/mol. The predicted molar refractivity (Wildman–Crippen MR) is 326 cm³/mol. The number of aliphatic hydroxyl groups is 5. The van der Waals surface area contributed by atoms with Crippen molar-refractivity contribution in [3.8, 4) is 40.9 Å². The van der Waals surface area contributed by atoms with E-state index in [0.29, 0.717) is 21.4 Å². The van der Waals surface area contributed by atoms with Gasteiger partial charge in [-0.05, 0) is 74.5 Å². The number of ketones is 1. The van der Waals surface area contributed by atoms with Gasteiger partial charge in [0, 0.05) is 55.6 Å². The zero-order valence-electron chi connectivity index (χ0n) is 50.1. The van der Waals surface area contributed by atoms with E-state index in [4.69, 9.17) is 61.7 Å². The summed E-state index contributed by atoms with van der Waals surface area (Å²) < 4.78 is 72.9. The van der Waals surface area contributed by atoms with Crippen molar-refractivity contribution in [2.75, 3.05) is 61.1 Å². The summed E-state index contributed by atoms with van der Waals surface area (Å²) in [7, 11) is 9.96. The van der Waals surface area contributed by atoms with Crippen molar-refractivity contribution in [3.63, 3.8) is 0 Å². The molecule has 0 aromatic heterocycles. The Morgan fingerprint density at radius 2 is 1.66 bits per heavy atom. The molecule has 0 radical (unpaired) electrons. The Morgan fingerprint density at radius 1 is 0.930 bits per heavy atom. The molecule has 1 aromatic carbocycles. The van der Waals surface area contributed by atoms with Crippen molar-refractivity contribution in [1.29, 1.82) is 0 Å². The van der Waals surface area contributed by atoms with Crippen molar-refractivity contribution in [2.24, 2.45) is 0 Å². The molecule has 86 heavy (non-hydrogen) atoms. The number of amides is 1. The number of aliphatic hydroxyl groups excluding tert-OH is 3. The van der Waals surface area contributed by atoms with Crippen molar-refractivity contribution >= 4 is 72.9 Å². The molecule has 24 nitrogen and oxygen atoms in total. The van der Waals surface area contributed by atoms with Gasteiger partial charge in [0.2, 0.25) is 17.2 Å².